The first kappa shape index (κ1) is 31.3. The van der Waals surface area contributed by atoms with Crippen LogP contribution >= 0.6 is 11.6 Å². The van der Waals surface area contributed by atoms with Crippen LogP contribution < -0.4 is 9.64 Å². The Balaban J connectivity index is 1.50. The Morgan fingerprint density at radius 3 is 2.62 bits per heavy atom. The molecule has 0 saturated heterocycles. The van der Waals surface area contributed by atoms with Crippen molar-refractivity contribution in [2.24, 2.45) is 11.8 Å². The van der Waals surface area contributed by atoms with Gasteiger partial charge < -0.3 is 29.4 Å². The van der Waals surface area contributed by atoms with Gasteiger partial charge in [-0.25, -0.2) is 4.79 Å². The predicted octanol–water partition coefficient (Wildman–Crippen LogP) is 6.28. The Labute approximate surface area is 255 Å². The zero-order chi connectivity index (χ0) is 30.4. The minimum absolute atomic E-state index is 0.0301. The SMILES string of the molecule is CC(C)(C)[Si](C)(C)O[C@H]([C@@H]1CC[C@H]1CN1CC2(CCCc3cc(Cl)ccc32)COc2ccc(C(=O)O)cc21)[C@H](O)CO. The van der Waals surface area contributed by atoms with Crippen molar-refractivity contribution >= 4 is 31.6 Å². The maximum Gasteiger partial charge on any atom is 0.335 e. The van der Waals surface area contributed by atoms with Gasteiger partial charge in [-0.2, -0.15) is 0 Å². The molecular weight excluding hydrogens is 570 g/mol. The molecule has 1 unspecified atom stereocenters. The molecule has 5 atom stereocenters. The zero-order valence-corrected chi connectivity index (χ0v) is 27.3. The van der Waals surface area contributed by atoms with Crippen LogP contribution in [-0.4, -0.2) is 68.1 Å². The Hall–Kier alpha value is -2.10. The molecule has 9 heteroatoms. The monoisotopic (exact) mass is 615 g/mol. The molecule has 1 saturated carbocycles. The highest BCUT2D eigenvalue weighted by molar-refractivity contribution is 6.74. The fourth-order valence-corrected chi connectivity index (χ4v) is 8.42. The first-order valence-corrected chi connectivity index (χ1v) is 18.5. The molecule has 1 heterocycles. The quantitative estimate of drug-likeness (QED) is 0.301. The summed E-state index contributed by atoms with van der Waals surface area (Å²) in [4.78, 5) is 14.3. The molecule has 42 heavy (non-hydrogen) atoms. The largest absolute Gasteiger partial charge is 0.490 e. The second kappa shape index (κ2) is 11.8. The third kappa shape index (κ3) is 5.98. The number of benzene rings is 2. The van der Waals surface area contributed by atoms with E-state index in [1.807, 2.05) is 6.07 Å². The van der Waals surface area contributed by atoms with Crippen molar-refractivity contribution < 1.29 is 29.3 Å². The molecular formula is C33H46ClNO6Si. The average Bonchev–Trinajstić information content (AvgIpc) is 3.06. The lowest BCUT2D eigenvalue weighted by Gasteiger charge is -2.50. The van der Waals surface area contributed by atoms with Gasteiger partial charge in [-0.1, -0.05) is 38.4 Å². The van der Waals surface area contributed by atoms with E-state index in [4.69, 9.17) is 20.8 Å². The van der Waals surface area contributed by atoms with Gasteiger partial charge in [0.2, 0.25) is 0 Å². The number of hydrogen-bond donors (Lipinski definition) is 3. The lowest BCUT2D eigenvalue weighted by molar-refractivity contribution is -0.0731. The number of carboxylic acid groups (broad SMARTS) is 1. The Bertz CT molecular complexity index is 1310. The molecule has 7 nitrogen and oxygen atoms in total. The zero-order valence-electron chi connectivity index (χ0n) is 25.5. The van der Waals surface area contributed by atoms with E-state index < -0.39 is 26.5 Å². The van der Waals surface area contributed by atoms with Crippen molar-refractivity contribution in [2.45, 2.75) is 88.6 Å². The predicted molar refractivity (Wildman–Crippen MR) is 169 cm³/mol. The van der Waals surface area contributed by atoms with E-state index in [9.17, 15) is 20.1 Å². The molecule has 0 bridgehead atoms. The summed E-state index contributed by atoms with van der Waals surface area (Å²) in [6.45, 7) is 12.5. The van der Waals surface area contributed by atoms with Crippen molar-refractivity contribution in [3.8, 4) is 5.75 Å². The van der Waals surface area contributed by atoms with Gasteiger partial charge in [-0.3, -0.25) is 0 Å². The molecule has 3 aliphatic rings. The molecule has 5 rings (SSSR count). The second-order valence-electron chi connectivity index (χ2n) is 14.2. The number of halogens is 1. The first-order valence-electron chi connectivity index (χ1n) is 15.3. The summed E-state index contributed by atoms with van der Waals surface area (Å²) in [7, 11) is -2.22. The summed E-state index contributed by atoms with van der Waals surface area (Å²) in [6, 6.07) is 11.3. The summed E-state index contributed by atoms with van der Waals surface area (Å²) >= 11 is 6.39. The topological polar surface area (TPSA) is 99.5 Å². The summed E-state index contributed by atoms with van der Waals surface area (Å²) in [6.07, 6.45) is 3.46. The van der Waals surface area contributed by atoms with Crippen LogP contribution in [0.5, 0.6) is 5.75 Å². The van der Waals surface area contributed by atoms with Crippen molar-refractivity contribution in [2.75, 3.05) is 31.2 Å². The molecule has 0 radical (unpaired) electrons. The van der Waals surface area contributed by atoms with Crippen molar-refractivity contribution in [1.82, 2.24) is 0 Å². The van der Waals surface area contributed by atoms with E-state index in [-0.39, 0.29) is 34.5 Å². The van der Waals surface area contributed by atoms with Crippen LogP contribution in [0.2, 0.25) is 23.2 Å². The van der Waals surface area contributed by atoms with Crippen LogP contribution in [0.15, 0.2) is 36.4 Å². The summed E-state index contributed by atoms with van der Waals surface area (Å²) in [5, 5.41) is 31.5. The molecule has 1 aliphatic heterocycles. The van der Waals surface area contributed by atoms with Gasteiger partial charge in [0.1, 0.15) is 11.9 Å². The van der Waals surface area contributed by atoms with Crippen molar-refractivity contribution in [3.63, 3.8) is 0 Å². The number of nitrogens with zero attached hydrogens (tertiary/aromatic N) is 1. The van der Waals surface area contributed by atoms with E-state index in [2.05, 4.69) is 50.9 Å². The minimum atomic E-state index is -2.22. The van der Waals surface area contributed by atoms with Crippen LogP contribution in [-0.2, 0) is 16.3 Å². The van der Waals surface area contributed by atoms with Crippen LogP contribution in [0.1, 0.15) is 67.9 Å². The number of carboxylic acids is 1. The number of aliphatic hydroxyl groups excluding tert-OH is 2. The van der Waals surface area contributed by atoms with Crippen LogP contribution in [0, 0.1) is 11.8 Å². The van der Waals surface area contributed by atoms with Gasteiger partial charge in [0.15, 0.2) is 8.32 Å². The van der Waals surface area contributed by atoms with Gasteiger partial charge in [0.05, 0.1) is 30.6 Å². The molecule has 3 N–H and O–H groups in total. The van der Waals surface area contributed by atoms with Gasteiger partial charge in [0.25, 0.3) is 0 Å². The number of rotatable bonds is 8. The van der Waals surface area contributed by atoms with Gasteiger partial charge in [-0.15, -0.1) is 0 Å². The van der Waals surface area contributed by atoms with E-state index in [0.29, 0.717) is 25.4 Å². The highest BCUT2D eigenvalue weighted by Crippen LogP contribution is 2.48. The third-order valence-corrected chi connectivity index (χ3v) is 15.1. The summed E-state index contributed by atoms with van der Waals surface area (Å²) in [5.41, 5.74) is 3.28. The van der Waals surface area contributed by atoms with E-state index in [0.717, 1.165) is 42.8 Å². The van der Waals surface area contributed by atoms with E-state index >= 15 is 0 Å². The summed E-state index contributed by atoms with van der Waals surface area (Å²) in [5.74, 6) is 0.0266. The number of aliphatic hydroxyl groups is 2. The standard InChI is InChI=1S/C33H46ClNO6Si/c1-32(2,3)42(4,5)41-30(28(37)18-36)25-11-8-23(25)17-35-19-33(14-6-7-21-15-24(34)10-12-26(21)33)20-40-29-13-9-22(31(38)39)16-27(29)35/h9-10,12-13,15-16,23,25,28,30,36-37H,6-8,11,14,17-20H2,1-5H3,(H,38,39)/t23-,25+,28+,30+,33?/m0/s1. The molecule has 2 aromatic carbocycles. The first-order chi connectivity index (χ1) is 19.7. The van der Waals surface area contributed by atoms with Gasteiger partial charge >= 0.3 is 5.97 Å². The van der Waals surface area contributed by atoms with E-state index in [1.165, 1.54) is 11.1 Å². The molecule has 0 aromatic heterocycles. The number of fused-ring (bicyclic) bond motifs is 3. The third-order valence-electron chi connectivity index (χ3n) is 10.4. The molecule has 1 fully saturated rings. The van der Waals surface area contributed by atoms with Crippen molar-refractivity contribution in [1.29, 1.82) is 0 Å². The van der Waals surface area contributed by atoms with Crippen LogP contribution in [0.25, 0.3) is 0 Å². The number of aromatic carboxylic acids is 1. The minimum Gasteiger partial charge on any atom is -0.490 e. The van der Waals surface area contributed by atoms with Gasteiger partial charge in [-0.05, 0) is 104 Å². The maximum atomic E-state index is 12.0. The number of carbonyl (C=O) groups is 1. The molecule has 0 amide bonds. The van der Waals surface area contributed by atoms with Crippen molar-refractivity contribution in [3.05, 3.63) is 58.1 Å². The fourth-order valence-electron chi connectivity index (χ4n) is 6.86. The number of anilines is 1. The number of ether oxygens (including phenoxy) is 1. The lowest BCUT2D eigenvalue weighted by atomic mass is 9.68. The van der Waals surface area contributed by atoms with Crippen LogP contribution in [0.4, 0.5) is 5.69 Å². The maximum absolute atomic E-state index is 12.0. The molecule has 2 aliphatic carbocycles. The summed E-state index contributed by atoms with van der Waals surface area (Å²) < 4.78 is 13.3. The number of hydrogen-bond acceptors (Lipinski definition) is 6. The molecule has 2 aromatic rings. The lowest BCUT2D eigenvalue weighted by Crippen LogP contribution is -2.55. The smallest absolute Gasteiger partial charge is 0.335 e. The Morgan fingerprint density at radius 1 is 1.21 bits per heavy atom. The Kier molecular flexibility index (Phi) is 8.78. The van der Waals surface area contributed by atoms with Gasteiger partial charge in [0, 0.05) is 23.5 Å². The normalized spacial score (nSPS) is 25.5. The van der Waals surface area contributed by atoms with E-state index in [1.54, 1.807) is 18.2 Å². The number of aryl methyl sites for hydroxylation is 1. The molecule has 1 spiro atoms. The molecule has 230 valence electrons. The second-order valence-corrected chi connectivity index (χ2v) is 19.4. The average molecular weight is 616 g/mol. The van der Waals surface area contributed by atoms with Crippen LogP contribution in [0.3, 0.4) is 0 Å². The highest BCUT2D eigenvalue weighted by Gasteiger charge is 2.48. The Morgan fingerprint density at radius 2 is 1.98 bits per heavy atom. The fraction of sp³-hybridized carbons (Fsp3) is 0.606. The highest BCUT2D eigenvalue weighted by atomic mass is 35.5.